The van der Waals surface area contributed by atoms with E-state index in [0.29, 0.717) is 61.5 Å². The van der Waals surface area contributed by atoms with Crippen molar-refractivity contribution >= 4 is 35.3 Å². The standard InChI is InChI=1S/2C37H40F4N4O2S/c1-4-43(5-2)18-19-44(22-26-6-10-28(11-7-26)29-12-14-30(15-13-29)37(39,40)41)34(46)23-45-33-21-25(3)20-32(33)35(47)42-36(45)48-24-27-8-16-31(38)17-9-27;1-4-43(5-2)19-20-44(22-26-9-13-28(14-10-26)29-15-18-32(25(3)21-29)37(39,40)41)34(46)23-45-33-8-6-7-31(33)35(47)42-36(45)48-24-27-11-16-30(38)17-12-27/h6-17,25H,4-5,18-24H2,1-3H3;9-18,21H,4-8,19-20,22-24H2,1-3H3/i8D,9D,16D,17D,20D2,21D2,24D2,25D;9D,10D,11D,12D,13D,14D,15D,16D,17D,18D,21D,24D2. The molecule has 508 valence electrons. The van der Waals surface area contributed by atoms with Crippen molar-refractivity contribution in [2.24, 2.45) is 5.89 Å². The van der Waals surface area contributed by atoms with Gasteiger partial charge in [0.05, 0.1) is 31.7 Å². The Morgan fingerprint density at radius 3 is 1.52 bits per heavy atom. The fraction of sp³-hybridized carbons (Fsp3) is 0.378. The van der Waals surface area contributed by atoms with E-state index in [9.17, 15) is 54.3 Å². The lowest BCUT2D eigenvalue weighted by Crippen LogP contribution is -2.40. The van der Waals surface area contributed by atoms with Crippen LogP contribution in [-0.4, -0.2) is 103 Å². The third kappa shape index (κ3) is 19.0. The summed E-state index contributed by atoms with van der Waals surface area (Å²) in [5.74, 6) is -7.15. The smallest absolute Gasteiger partial charge is 0.336 e. The molecule has 0 fully saturated rings. The van der Waals surface area contributed by atoms with Gasteiger partial charge in [-0.15, -0.1) is 0 Å². The fourth-order valence-corrected chi connectivity index (χ4v) is 11.7. The second kappa shape index (κ2) is 32.9. The van der Waals surface area contributed by atoms with E-state index in [1.807, 2.05) is 37.5 Å². The molecule has 0 spiro atoms. The number of carbonyl (C=O) groups is 2. The molecule has 12 nitrogen and oxygen atoms in total. The third-order valence-corrected chi connectivity index (χ3v) is 17.1. The Kier molecular flexibility index (Phi) is 15.9. The first-order chi connectivity index (χ1) is 55.5. The van der Waals surface area contributed by atoms with Crippen molar-refractivity contribution in [3.63, 3.8) is 0 Å². The van der Waals surface area contributed by atoms with E-state index in [-0.39, 0.29) is 78.8 Å². The minimum atomic E-state index is -5.10. The number of fused-ring (bicyclic) bond motifs is 2. The number of rotatable bonds is 26. The largest absolute Gasteiger partial charge is 0.416 e. The highest BCUT2D eigenvalue weighted by atomic mass is 32.2. The number of nitrogens with zero attached hydrogens (tertiary/aromatic N) is 8. The molecule has 0 saturated heterocycles. The predicted molar refractivity (Wildman–Crippen MR) is 362 cm³/mol. The van der Waals surface area contributed by atoms with Gasteiger partial charge in [-0.3, -0.25) is 19.2 Å². The summed E-state index contributed by atoms with van der Waals surface area (Å²) >= 11 is 0.224. The number of aromatic nitrogens is 4. The van der Waals surface area contributed by atoms with Gasteiger partial charge in [0.1, 0.15) is 24.7 Å². The Hall–Kier alpha value is -7.92. The van der Waals surface area contributed by atoms with Crippen molar-refractivity contribution in [2.45, 2.75) is 134 Å². The molecule has 1 unspecified atom stereocenters. The minimum absolute atomic E-state index is 0.00760. The van der Waals surface area contributed by atoms with Gasteiger partial charge < -0.3 is 28.7 Å². The lowest BCUT2D eigenvalue weighted by Gasteiger charge is -2.28. The Balaban J connectivity index is 0.000000273. The molecule has 0 radical (unpaired) electrons. The van der Waals surface area contributed by atoms with Gasteiger partial charge >= 0.3 is 12.4 Å². The number of halogens is 8. The predicted octanol–water partition coefficient (Wildman–Crippen LogP) is 15.0. The molecule has 2 amide bonds. The van der Waals surface area contributed by atoms with Crippen LogP contribution in [0.1, 0.15) is 135 Å². The fourth-order valence-electron chi connectivity index (χ4n) is 10.3. The van der Waals surface area contributed by atoms with Crippen molar-refractivity contribution in [1.29, 1.82) is 0 Å². The zero-order chi connectivity index (χ0) is 90.0. The van der Waals surface area contributed by atoms with Crippen molar-refractivity contribution < 1.29 is 77.6 Å². The molecule has 96 heavy (non-hydrogen) atoms. The average molecular weight is 1390 g/mol. The highest BCUT2D eigenvalue weighted by Gasteiger charge is 2.34. The van der Waals surface area contributed by atoms with Gasteiger partial charge in [0.25, 0.3) is 11.1 Å². The van der Waals surface area contributed by atoms with Crippen LogP contribution < -0.4 is 11.1 Å². The Morgan fingerprint density at radius 1 is 0.573 bits per heavy atom. The molecule has 22 heteroatoms. The number of likely N-dealkylation sites (N-methyl/N-ethyl adjacent to an activating group) is 2. The van der Waals surface area contributed by atoms with Crippen LogP contribution in [-0.2, 0) is 85.1 Å². The molecular weight excluding hydrogens is 1280 g/mol. The highest BCUT2D eigenvalue weighted by molar-refractivity contribution is 7.98. The number of hydrogen-bond donors (Lipinski definition) is 0. The van der Waals surface area contributed by atoms with E-state index in [0.717, 1.165) is 30.5 Å². The summed E-state index contributed by atoms with van der Waals surface area (Å²) in [6.45, 7) is 10.2. The first-order valence-corrected chi connectivity index (χ1v) is 31.9. The van der Waals surface area contributed by atoms with E-state index in [4.69, 9.17) is 32.9 Å². The molecule has 0 saturated carbocycles. The lowest BCUT2D eigenvalue weighted by atomic mass is 9.98. The van der Waals surface area contributed by atoms with Crippen LogP contribution in [0.5, 0.6) is 0 Å². The van der Waals surface area contributed by atoms with Gasteiger partial charge in [0.2, 0.25) is 11.8 Å². The Bertz CT molecular complexity index is 5350. The molecular formula is C74H80F8N8O4S2. The second-order valence-corrected chi connectivity index (χ2v) is 23.3. The quantitative estimate of drug-likeness (QED) is 0.0295. The van der Waals surface area contributed by atoms with Gasteiger partial charge in [0, 0.05) is 85.5 Å². The Morgan fingerprint density at radius 2 is 1.03 bits per heavy atom. The first-order valence-electron chi connectivity index (χ1n) is 42.3. The number of hydrogen-bond acceptors (Lipinski definition) is 10. The van der Waals surface area contributed by atoms with E-state index in [2.05, 4.69) is 9.97 Å². The van der Waals surface area contributed by atoms with Crippen molar-refractivity contribution in [2.75, 3.05) is 52.4 Å². The summed E-state index contributed by atoms with van der Waals surface area (Å²) in [4.78, 5) is 70.3. The van der Waals surface area contributed by atoms with Crippen LogP contribution in [0.15, 0.2) is 159 Å². The molecule has 0 N–H and O–H groups in total. The SMILES string of the molecule is [2H]c1c([2H])c(C([2H])([2H])Sc2nc(=O)c3c(n2CC(=O)N(CCN(CC)CC)Cc2c([2H])c([2H])c(-c4c([2H])c([2H])c(C(F)(F)F)c(C)c4[2H])c([2H])c2[2H])CCC3)c([2H])c([2H])c1F.[2H]c1c([2H])c(C([2H])([2H])Sc2nc(=O)c3c(n2CC(=O)N(CCN(CC)CC)Cc2ccc(-c4ccc(C(F)(F)F)cc4)cc2)C([2H])([2H])C([2H])(C)C3([2H])[2H])c([2H])c([2H])c1F. The van der Waals surface area contributed by atoms with Gasteiger partial charge in [0.15, 0.2) is 10.3 Å². The molecule has 8 aromatic rings. The van der Waals surface area contributed by atoms with Crippen molar-refractivity contribution in [3.05, 3.63) is 233 Å². The van der Waals surface area contributed by atoms with Crippen LogP contribution >= 0.6 is 23.5 Å². The maximum Gasteiger partial charge on any atom is 0.416 e. The van der Waals surface area contributed by atoms with E-state index < -0.39 is 243 Å². The number of benzene rings is 6. The third-order valence-electron chi connectivity index (χ3n) is 15.5. The maximum absolute atomic E-state index is 14.5. The number of alkyl halides is 6. The summed E-state index contributed by atoms with van der Waals surface area (Å²) in [6, 6.07) is -3.93. The summed E-state index contributed by atoms with van der Waals surface area (Å²) in [6.07, 6.45) is -14.6. The van der Waals surface area contributed by atoms with Crippen molar-refractivity contribution in [3.8, 4) is 22.3 Å². The molecule has 0 bridgehead atoms. The number of carbonyl (C=O) groups excluding carboxylic acids is 2. The highest BCUT2D eigenvalue weighted by Crippen LogP contribution is 2.36. The zero-order valence-electron chi connectivity index (χ0n) is 76.8. The summed E-state index contributed by atoms with van der Waals surface area (Å²) < 4.78 is 316. The second-order valence-electron chi connectivity index (χ2n) is 21.8. The average Bonchev–Trinajstić information content (AvgIpc) is 1.52. The van der Waals surface area contributed by atoms with Crippen molar-refractivity contribution in [1.82, 2.24) is 38.7 Å². The molecule has 2 aromatic heterocycles. The number of thioether (sulfide) groups is 2. The summed E-state index contributed by atoms with van der Waals surface area (Å²) in [7, 11) is 0. The van der Waals surface area contributed by atoms with E-state index in [1.54, 1.807) is 24.3 Å². The van der Waals surface area contributed by atoms with Crippen LogP contribution in [0.2, 0.25) is 0 Å². The lowest BCUT2D eigenvalue weighted by molar-refractivity contribution is -0.138. The molecule has 2 aliphatic rings. The monoisotopic (exact) mass is 1380 g/mol. The van der Waals surface area contributed by atoms with E-state index >= 15 is 0 Å². The molecule has 2 aliphatic carbocycles. The molecule has 10 rings (SSSR count). The first kappa shape index (κ1) is 46.3. The molecule has 1 atom stereocenters. The van der Waals surface area contributed by atoms with Gasteiger partial charge in [-0.1, -0.05) is 155 Å². The molecule has 0 aliphatic heterocycles. The molecule has 2 heterocycles. The summed E-state index contributed by atoms with van der Waals surface area (Å²) in [5.41, 5.74) is -13.9. The zero-order valence-corrected chi connectivity index (χ0v) is 54.4. The van der Waals surface area contributed by atoms with Gasteiger partial charge in [-0.2, -0.15) is 36.3 Å². The number of amides is 2. The van der Waals surface area contributed by atoms with Crippen LogP contribution in [0.25, 0.3) is 22.3 Å². The van der Waals surface area contributed by atoms with Crippen LogP contribution in [0.3, 0.4) is 0 Å². The minimum Gasteiger partial charge on any atom is -0.336 e. The van der Waals surface area contributed by atoms with E-state index in [1.165, 1.54) is 26.5 Å². The normalized spacial score (nSPS) is 19.3. The van der Waals surface area contributed by atoms with Crippen LogP contribution in [0.4, 0.5) is 35.1 Å². The maximum atomic E-state index is 14.5. The van der Waals surface area contributed by atoms with Crippen LogP contribution in [0, 0.1) is 24.5 Å². The summed E-state index contributed by atoms with van der Waals surface area (Å²) in [5, 5.41) is -1.09. The van der Waals surface area contributed by atoms with Gasteiger partial charge in [-0.25, -0.2) is 8.78 Å². The Labute approximate surface area is 597 Å². The molecule has 6 aromatic carbocycles. The topological polar surface area (TPSA) is 117 Å². The van der Waals surface area contributed by atoms with Gasteiger partial charge in [-0.05, 0) is 163 Å².